The highest BCUT2D eigenvalue weighted by Gasteiger charge is 2.27. The summed E-state index contributed by atoms with van der Waals surface area (Å²) in [6, 6.07) is 8.40. The molecule has 7 nitrogen and oxygen atoms in total. The van der Waals surface area contributed by atoms with E-state index in [1.807, 2.05) is 0 Å². The van der Waals surface area contributed by atoms with Gasteiger partial charge in [-0.2, -0.15) is 4.31 Å². The maximum Gasteiger partial charge on any atom is 0.339 e. The number of nitrogens with one attached hydrogen (secondary N) is 1. The minimum atomic E-state index is -3.74. The van der Waals surface area contributed by atoms with E-state index in [1.54, 1.807) is 0 Å². The third kappa shape index (κ3) is 5.38. The van der Waals surface area contributed by atoms with E-state index in [1.165, 1.54) is 47.8 Å². The Morgan fingerprint density at radius 2 is 1.55 bits per heavy atom. The van der Waals surface area contributed by atoms with Crippen LogP contribution in [-0.2, 0) is 14.8 Å². The van der Waals surface area contributed by atoms with Crippen molar-refractivity contribution in [3.63, 3.8) is 0 Å². The van der Waals surface area contributed by atoms with Crippen molar-refractivity contribution in [1.29, 1.82) is 0 Å². The van der Waals surface area contributed by atoms with Gasteiger partial charge in [0.1, 0.15) is 0 Å². The summed E-state index contributed by atoms with van der Waals surface area (Å²) in [6.45, 7) is 0.904. The van der Waals surface area contributed by atoms with E-state index >= 15 is 0 Å². The number of hydrogen-bond donors (Lipinski definition) is 1. The fraction of sp³-hybridized carbons (Fsp3) is 0.333. The summed E-state index contributed by atoms with van der Waals surface area (Å²) in [6.07, 6.45) is 3.60. The molecule has 0 saturated carbocycles. The normalized spacial score (nSPS) is 15.2. The molecule has 1 saturated heterocycles. The molecular formula is C21H22Cl2N2O5S. The van der Waals surface area contributed by atoms with Gasteiger partial charge in [0.2, 0.25) is 10.0 Å². The average Bonchev–Trinajstić information content (AvgIpc) is 3.05. The number of carbonyl (C=O) groups excluding carboxylic acids is 2. The van der Waals surface area contributed by atoms with E-state index in [9.17, 15) is 18.0 Å². The maximum atomic E-state index is 13.1. The monoisotopic (exact) mass is 484 g/mol. The summed E-state index contributed by atoms with van der Waals surface area (Å²) in [5.41, 5.74) is 0.379. The number of anilines is 1. The first-order valence-electron chi connectivity index (χ1n) is 9.73. The van der Waals surface area contributed by atoms with Crippen LogP contribution in [-0.4, -0.2) is 44.8 Å². The van der Waals surface area contributed by atoms with E-state index in [4.69, 9.17) is 23.2 Å². The predicted molar refractivity (Wildman–Crippen MR) is 119 cm³/mol. The fourth-order valence-electron chi connectivity index (χ4n) is 3.34. The molecule has 0 radical (unpaired) electrons. The van der Waals surface area contributed by atoms with Gasteiger partial charge in [-0.3, -0.25) is 4.79 Å². The number of carbonyl (C=O) groups is 2. The van der Waals surface area contributed by atoms with E-state index in [0.29, 0.717) is 13.1 Å². The number of esters is 1. The summed E-state index contributed by atoms with van der Waals surface area (Å²) in [5, 5.41) is 2.90. The lowest BCUT2D eigenvalue weighted by Gasteiger charge is -2.20. The quantitative estimate of drug-likeness (QED) is 0.625. The molecule has 1 fully saturated rings. The molecule has 2 aromatic rings. The summed E-state index contributed by atoms with van der Waals surface area (Å²) in [5.74, 6) is -1.26. The second-order valence-corrected chi connectivity index (χ2v) is 9.85. The highest BCUT2D eigenvalue weighted by atomic mass is 35.5. The Hall–Kier alpha value is -2.13. The minimum absolute atomic E-state index is 0.00660. The van der Waals surface area contributed by atoms with Crippen molar-refractivity contribution in [3.05, 3.63) is 57.6 Å². The Labute approximate surface area is 191 Å². The van der Waals surface area contributed by atoms with Crippen molar-refractivity contribution >= 4 is 50.8 Å². The smallest absolute Gasteiger partial charge is 0.339 e. The van der Waals surface area contributed by atoms with Crippen LogP contribution in [0.1, 0.15) is 46.4 Å². The van der Waals surface area contributed by atoms with Gasteiger partial charge in [0, 0.05) is 18.8 Å². The maximum absolute atomic E-state index is 13.1. The highest BCUT2D eigenvalue weighted by Crippen LogP contribution is 2.27. The van der Waals surface area contributed by atoms with Gasteiger partial charge in [0.15, 0.2) is 0 Å². The summed E-state index contributed by atoms with van der Waals surface area (Å²) < 4.78 is 32.2. The minimum Gasteiger partial charge on any atom is -0.465 e. The van der Waals surface area contributed by atoms with Gasteiger partial charge in [-0.1, -0.05) is 36.0 Å². The standard InChI is InChI=1S/C21H22Cl2N2O5S/c1-30-21(27)17-12-14(6-8-19(17)23)24-20(26)16-13-15(7-9-18(16)22)31(28,29)25-10-4-2-3-5-11-25/h6-9,12-13H,2-5,10-11H2,1H3,(H,24,26). The Kier molecular flexibility index (Phi) is 7.59. The third-order valence-electron chi connectivity index (χ3n) is 5.01. The molecule has 10 heteroatoms. The Bertz CT molecular complexity index is 1100. The number of halogens is 2. The zero-order chi connectivity index (χ0) is 22.6. The Balaban J connectivity index is 1.88. The van der Waals surface area contributed by atoms with Crippen LogP contribution in [0.4, 0.5) is 5.69 Å². The van der Waals surface area contributed by atoms with Crippen molar-refractivity contribution in [2.45, 2.75) is 30.6 Å². The van der Waals surface area contributed by atoms with E-state index in [2.05, 4.69) is 10.1 Å². The topological polar surface area (TPSA) is 92.8 Å². The second-order valence-electron chi connectivity index (χ2n) is 7.10. The van der Waals surface area contributed by atoms with Crippen LogP contribution >= 0.6 is 23.2 Å². The molecular weight excluding hydrogens is 463 g/mol. The highest BCUT2D eigenvalue weighted by molar-refractivity contribution is 7.89. The number of rotatable bonds is 5. The van der Waals surface area contributed by atoms with Gasteiger partial charge in [-0.05, 0) is 49.2 Å². The SMILES string of the molecule is COC(=O)c1cc(NC(=O)c2cc(S(=O)(=O)N3CCCCCC3)ccc2Cl)ccc1Cl. The lowest BCUT2D eigenvalue weighted by molar-refractivity contribution is 0.0600. The molecule has 0 aromatic heterocycles. The van der Waals surface area contributed by atoms with Crippen LogP contribution in [0.25, 0.3) is 0 Å². The van der Waals surface area contributed by atoms with Crippen molar-refractivity contribution in [3.8, 4) is 0 Å². The molecule has 0 spiro atoms. The van der Waals surface area contributed by atoms with Gasteiger partial charge in [-0.15, -0.1) is 0 Å². The number of methoxy groups -OCH3 is 1. The van der Waals surface area contributed by atoms with Crippen molar-refractivity contribution in [2.24, 2.45) is 0 Å². The fourth-order valence-corrected chi connectivity index (χ4v) is 5.28. The zero-order valence-corrected chi connectivity index (χ0v) is 19.2. The van der Waals surface area contributed by atoms with Crippen molar-refractivity contribution in [1.82, 2.24) is 4.31 Å². The molecule has 1 amide bonds. The van der Waals surface area contributed by atoms with Crippen LogP contribution in [0, 0.1) is 0 Å². The van der Waals surface area contributed by atoms with Gasteiger partial charge in [0.05, 0.1) is 33.2 Å². The van der Waals surface area contributed by atoms with Crippen LogP contribution in [0.2, 0.25) is 10.0 Å². The molecule has 0 bridgehead atoms. The summed E-state index contributed by atoms with van der Waals surface area (Å²) >= 11 is 12.2. The molecule has 1 N–H and O–H groups in total. The number of benzene rings is 2. The van der Waals surface area contributed by atoms with Crippen LogP contribution in [0.3, 0.4) is 0 Å². The van der Waals surface area contributed by atoms with Crippen molar-refractivity contribution in [2.75, 3.05) is 25.5 Å². The van der Waals surface area contributed by atoms with Crippen LogP contribution in [0.15, 0.2) is 41.3 Å². The Morgan fingerprint density at radius 3 is 2.19 bits per heavy atom. The molecule has 31 heavy (non-hydrogen) atoms. The molecule has 0 aliphatic carbocycles. The number of sulfonamides is 1. The lowest BCUT2D eigenvalue weighted by atomic mass is 10.1. The van der Waals surface area contributed by atoms with E-state index < -0.39 is 21.9 Å². The van der Waals surface area contributed by atoms with E-state index in [0.717, 1.165) is 25.7 Å². The first-order chi connectivity index (χ1) is 14.7. The van der Waals surface area contributed by atoms with Crippen LogP contribution in [0.5, 0.6) is 0 Å². The number of amides is 1. The molecule has 1 aliphatic heterocycles. The van der Waals surface area contributed by atoms with Gasteiger partial charge in [-0.25, -0.2) is 13.2 Å². The molecule has 2 aromatic carbocycles. The Morgan fingerprint density at radius 1 is 0.935 bits per heavy atom. The average molecular weight is 485 g/mol. The largest absolute Gasteiger partial charge is 0.465 e. The molecule has 1 heterocycles. The van der Waals surface area contributed by atoms with Crippen LogP contribution < -0.4 is 5.32 Å². The number of hydrogen-bond acceptors (Lipinski definition) is 5. The van der Waals surface area contributed by atoms with Gasteiger partial charge >= 0.3 is 5.97 Å². The molecule has 1 aliphatic rings. The van der Waals surface area contributed by atoms with Gasteiger partial charge in [0.25, 0.3) is 5.91 Å². The van der Waals surface area contributed by atoms with Crippen molar-refractivity contribution < 1.29 is 22.7 Å². The lowest BCUT2D eigenvalue weighted by Crippen LogP contribution is -2.32. The first-order valence-corrected chi connectivity index (χ1v) is 11.9. The predicted octanol–water partition coefficient (Wildman–Crippen LogP) is 4.60. The summed E-state index contributed by atoms with van der Waals surface area (Å²) in [4.78, 5) is 24.7. The second kappa shape index (κ2) is 9.99. The molecule has 0 atom stereocenters. The zero-order valence-electron chi connectivity index (χ0n) is 16.9. The number of ether oxygens (including phenoxy) is 1. The first kappa shape index (κ1) is 23.5. The van der Waals surface area contributed by atoms with E-state index in [-0.39, 0.29) is 31.8 Å². The number of nitrogens with zero attached hydrogens (tertiary/aromatic N) is 1. The molecule has 0 unspecified atom stereocenters. The molecule has 166 valence electrons. The molecule has 3 rings (SSSR count). The van der Waals surface area contributed by atoms with Gasteiger partial charge < -0.3 is 10.1 Å². The summed E-state index contributed by atoms with van der Waals surface area (Å²) in [7, 11) is -2.52. The third-order valence-corrected chi connectivity index (χ3v) is 7.57.